The Balaban J connectivity index is 1.71. The van der Waals surface area contributed by atoms with Crippen molar-refractivity contribution in [1.29, 1.82) is 0 Å². The molecule has 0 unspecified atom stereocenters. The maximum atomic E-state index is 13.3. The normalized spacial score (nSPS) is 22.9. The van der Waals surface area contributed by atoms with Crippen LogP contribution in [0, 0.1) is 5.92 Å². The van der Waals surface area contributed by atoms with Crippen molar-refractivity contribution in [3.8, 4) is 0 Å². The minimum Gasteiger partial charge on any atom is -0.481 e. The summed E-state index contributed by atoms with van der Waals surface area (Å²) in [6.07, 6.45) is -2.45. The van der Waals surface area contributed by atoms with Crippen molar-refractivity contribution in [2.24, 2.45) is 5.92 Å². The number of piperidine rings is 1. The van der Waals surface area contributed by atoms with Gasteiger partial charge in [0, 0.05) is 38.3 Å². The molecule has 3 atom stereocenters. The Hall–Kier alpha value is -3.76. The Kier molecular flexibility index (Phi) is 7.75. The number of benzene rings is 1. The van der Waals surface area contributed by atoms with E-state index in [1.807, 2.05) is 30.3 Å². The third kappa shape index (κ3) is 5.73. The van der Waals surface area contributed by atoms with Gasteiger partial charge in [0.25, 0.3) is 0 Å². The Morgan fingerprint density at radius 2 is 1.73 bits per heavy atom. The number of carbonyl (C=O) groups is 4. The van der Waals surface area contributed by atoms with Crippen molar-refractivity contribution < 1.29 is 38.9 Å². The maximum absolute atomic E-state index is 13.3. The lowest BCUT2D eigenvalue weighted by Gasteiger charge is -2.43. The molecule has 11 heteroatoms. The molecule has 2 saturated heterocycles. The zero-order valence-corrected chi connectivity index (χ0v) is 18.0. The van der Waals surface area contributed by atoms with Gasteiger partial charge in [0.2, 0.25) is 5.91 Å². The van der Waals surface area contributed by atoms with Crippen LogP contribution < -0.4 is 4.90 Å². The predicted molar refractivity (Wildman–Crippen MR) is 116 cm³/mol. The molecule has 3 rings (SSSR count). The molecule has 2 aliphatic heterocycles. The highest BCUT2D eigenvalue weighted by atomic mass is 16.7. The Labute approximate surface area is 190 Å². The van der Waals surface area contributed by atoms with E-state index in [4.69, 9.17) is 9.47 Å². The lowest BCUT2D eigenvalue weighted by Crippen LogP contribution is -2.63. The fourth-order valence-electron chi connectivity index (χ4n) is 4.17. The summed E-state index contributed by atoms with van der Waals surface area (Å²) < 4.78 is 9.81. The molecule has 2 heterocycles. The average molecular weight is 461 g/mol. The van der Waals surface area contributed by atoms with Gasteiger partial charge >= 0.3 is 18.2 Å². The second-order valence-corrected chi connectivity index (χ2v) is 7.80. The van der Waals surface area contributed by atoms with Gasteiger partial charge in [-0.25, -0.2) is 9.59 Å². The Morgan fingerprint density at radius 3 is 2.30 bits per heavy atom. The molecule has 1 aromatic carbocycles. The molecule has 2 amide bonds. The third-order valence-corrected chi connectivity index (χ3v) is 5.74. The van der Waals surface area contributed by atoms with Crippen LogP contribution in [0.4, 0.5) is 15.3 Å². The molecular formula is C22H27N3O8. The summed E-state index contributed by atoms with van der Waals surface area (Å²) in [5.74, 6) is -3.27. The fourth-order valence-corrected chi connectivity index (χ4v) is 4.17. The van der Waals surface area contributed by atoms with Crippen molar-refractivity contribution in [2.75, 3.05) is 44.2 Å². The van der Waals surface area contributed by atoms with Crippen LogP contribution in [0.3, 0.4) is 0 Å². The predicted octanol–water partition coefficient (Wildman–Crippen LogP) is 1.50. The van der Waals surface area contributed by atoms with Crippen molar-refractivity contribution in [2.45, 2.75) is 18.6 Å². The van der Waals surface area contributed by atoms with Gasteiger partial charge in [-0.15, -0.1) is 0 Å². The quantitative estimate of drug-likeness (QED) is 0.477. The smallest absolute Gasteiger partial charge is 0.481 e. The van der Waals surface area contributed by atoms with Crippen LogP contribution in [0.2, 0.25) is 0 Å². The number of hydrogen-bond donors (Lipinski definition) is 2. The van der Waals surface area contributed by atoms with E-state index in [1.54, 1.807) is 0 Å². The lowest BCUT2D eigenvalue weighted by atomic mass is 9.86. The Bertz CT molecular complexity index is 861. The standard InChI is InChI=1S/C22H27N3O8/c1-2-12-32-22(31)33-16-13-17(20(27)28)18(25(14-16)21(29)30)19(26)24-10-8-23(9-11-24)15-6-4-3-5-7-15/h2-7,16-18H,1,8-14H2,(H,27,28)(H,29,30)/t16-,17-,18-/m0/s1. The highest BCUT2D eigenvalue weighted by Gasteiger charge is 2.49. The number of carboxylic acid groups (broad SMARTS) is 2. The second-order valence-electron chi connectivity index (χ2n) is 7.80. The first-order chi connectivity index (χ1) is 15.8. The molecule has 0 saturated carbocycles. The maximum Gasteiger partial charge on any atom is 0.508 e. The minimum atomic E-state index is -1.46. The third-order valence-electron chi connectivity index (χ3n) is 5.74. The molecule has 2 N–H and O–H groups in total. The van der Waals surface area contributed by atoms with Gasteiger partial charge in [0.05, 0.1) is 12.5 Å². The number of nitrogens with zero attached hydrogens (tertiary/aromatic N) is 3. The molecule has 11 nitrogen and oxygen atoms in total. The van der Waals surface area contributed by atoms with Crippen LogP contribution in [0.5, 0.6) is 0 Å². The lowest BCUT2D eigenvalue weighted by molar-refractivity contribution is -0.157. The van der Waals surface area contributed by atoms with Crippen LogP contribution in [0.25, 0.3) is 0 Å². The number of aliphatic carboxylic acids is 1. The molecule has 33 heavy (non-hydrogen) atoms. The number of piperazine rings is 1. The second kappa shape index (κ2) is 10.7. The van der Waals surface area contributed by atoms with Crippen molar-refractivity contribution >= 4 is 29.8 Å². The fraction of sp³-hybridized carbons (Fsp3) is 0.455. The van der Waals surface area contributed by atoms with E-state index in [2.05, 4.69) is 11.5 Å². The van der Waals surface area contributed by atoms with E-state index in [1.165, 1.54) is 11.0 Å². The summed E-state index contributed by atoms with van der Waals surface area (Å²) in [5.41, 5.74) is 1.01. The van der Waals surface area contributed by atoms with Crippen molar-refractivity contribution in [3.05, 3.63) is 43.0 Å². The molecule has 0 radical (unpaired) electrons. The SMILES string of the molecule is C=CCOC(=O)O[C@H]1C[C@H](C(=O)O)[C@@H](C(=O)N2CCN(c3ccccc3)CC2)N(C(=O)O)C1. The van der Waals surface area contributed by atoms with Gasteiger partial charge in [-0.05, 0) is 12.1 Å². The minimum absolute atomic E-state index is 0.105. The van der Waals surface area contributed by atoms with Crippen molar-refractivity contribution in [1.82, 2.24) is 9.80 Å². The van der Waals surface area contributed by atoms with Crippen LogP contribution in [-0.4, -0.2) is 95.6 Å². The van der Waals surface area contributed by atoms with E-state index in [-0.39, 0.29) is 19.6 Å². The number of ether oxygens (including phenoxy) is 2. The number of para-hydroxylation sites is 1. The number of rotatable bonds is 6. The summed E-state index contributed by atoms with van der Waals surface area (Å²) in [4.78, 5) is 53.3. The largest absolute Gasteiger partial charge is 0.508 e. The number of anilines is 1. The summed E-state index contributed by atoms with van der Waals surface area (Å²) in [7, 11) is 0. The zero-order chi connectivity index (χ0) is 24.0. The molecule has 2 fully saturated rings. The van der Waals surface area contributed by atoms with E-state index in [0.29, 0.717) is 26.2 Å². The molecule has 0 aliphatic carbocycles. The molecule has 0 bridgehead atoms. The number of hydrogen-bond acceptors (Lipinski definition) is 7. The van der Waals surface area contributed by atoms with E-state index >= 15 is 0 Å². The summed E-state index contributed by atoms with van der Waals surface area (Å²) >= 11 is 0. The number of carboxylic acids is 1. The highest BCUT2D eigenvalue weighted by molar-refractivity contribution is 5.91. The Morgan fingerprint density at radius 1 is 1.06 bits per heavy atom. The molecule has 1 aromatic rings. The van der Waals surface area contributed by atoms with Gasteiger partial charge in [-0.1, -0.05) is 30.9 Å². The van der Waals surface area contributed by atoms with Gasteiger partial charge in [0.1, 0.15) is 18.8 Å². The molecule has 178 valence electrons. The first-order valence-electron chi connectivity index (χ1n) is 10.6. The summed E-state index contributed by atoms with van der Waals surface area (Å²) in [6, 6.07) is 8.27. The number of likely N-dealkylation sites (tertiary alicyclic amines) is 1. The summed E-state index contributed by atoms with van der Waals surface area (Å²) in [5, 5.41) is 19.5. The average Bonchev–Trinajstić information content (AvgIpc) is 2.82. The monoisotopic (exact) mass is 461 g/mol. The molecule has 2 aliphatic rings. The first-order valence-corrected chi connectivity index (χ1v) is 10.6. The van der Waals surface area contributed by atoms with Crippen LogP contribution in [0.1, 0.15) is 6.42 Å². The first kappa shape index (κ1) is 23.9. The molecule has 0 spiro atoms. The van der Waals surface area contributed by atoms with Crippen molar-refractivity contribution in [3.63, 3.8) is 0 Å². The van der Waals surface area contributed by atoms with E-state index < -0.39 is 42.2 Å². The van der Waals surface area contributed by atoms with Gasteiger partial charge in [-0.3, -0.25) is 14.5 Å². The van der Waals surface area contributed by atoms with Crippen LogP contribution in [0.15, 0.2) is 43.0 Å². The molecular weight excluding hydrogens is 434 g/mol. The van der Waals surface area contributed by atoms with Gasteiger partial charge < -0.3 is 29.5 Å². The zero-order valence-electron chi connectivity index (χ0n) is 18.0. The number of carbonyl (C=O) groups excluding carboxylic acids is 2. The van der Waals surface area contributed by atoms with E-state index in [0.717, 1.165) is 10.6 Å². The van der Waals surface area contributed by atoms with Crippen LogP contribution in [-0.2, 0) is 19.1 Å². The number of amides is 2. The van der Waals surface area contributed by atoms with Gasteiger partial charge in [0.15, 0.2) is 0 Å². The van der Waals surface area contributed by atoms with Gasteiger partial charge in [-0.2, -0.15) is 0 Å². The molecule has 0 aromatic heterocycles. The summed E-state index contributed by atoms with van der Waals surface area (Å²) in [6.45, 7) is 4.70. The highest BCUT2D eigenvalue weighted by Crippen LogP contribution is 2.29. The topological polar surface area (TPSA) is 137 Å². The van der Waals surface area contributed by atoms with E-state index in [9.17, 15) is 29.4 Å². The van der Waals surface area contributed by atoms with Crippen LogP contribution >= 0.6 is 0 Å².